The number of anilines is 1. The van der Waals surface area contributed by atoms with Crippen LogP contribution in [0, 0.1) is 0 Å². The molecule has 0 atom stereocenters. The fourth-order valence-electron chi connectivity index (χ4n) is 3.42. The smallest absolute Gasteiger partial charge is 0.226 e. The summed E-state index contributed by atoms with van der Waals surface area (Å²) in [5.41, 5.74) is 1.68. The van der Waals surface area contributed by atoms with E-state index >= 15 is 0 Å². The van der Waals surface area contributed by atoms with Crippen LogP contribution in [-0.4, -0.2) is 50.5 Å². The van der Waals surface area contributed by atoms with Gasteiger partial charge in [0.25, 0.3) is 0 Å². The molecule has 0 aromatic heterocycles. The Morgan fingerprint density at radius 3 is 2.37 bits per heavy atom. The molecule has 1 aliphatic rings. The summed E-state index contributed by atoms with van der Waals surface area (Å²) in [4.78, 5) is 28.0. The van der Waals surface area contributed by atoms with E-state index < -0.39 is 9.84 Å². The maximum absolute atomic E-state index is 12.7. The second kappa shape index (κ2) is 9.35. The van der Waals surface area contributed by atoms with Crippen molar-refractivity contribution in [3.63, 3.8) is 0 Å². The largest absolute Gasteiger partial charge is 0.343 e. The van der Waals surface area contributed by atoms with Crippen molar-refractivity contribution in [3.05, 3.63) is 23.8 Å². The first-order valence-corrected chi connectivity index (χ1v) is 11.4. The monoisotopic (exact) mass is 394 g/mol. The van der Waals surface area contributed by atoms with Gasteiger partial charge in [0.1, 0.15) is 0 Å². The van der Waals surface area contributed by atoms with Crippen LogP contribution in [0.25, 0.3) is 0 Å². The maximum Gasteiger partial charge on any atom is 0.226 e. The van der Waals surface area contributed by atoms with E-state index in [2.05, 4.69) is 0 Å². The van der Waals surface area contributed by atoms with Crippen LogP contribution in [0.3, 0.4) is 0 Å². The predicted octanol–water partition coefficient (Wildman–Crippen LogP) is 2.80. The molecule has 0 spiro atoms. The molecular weight excluding hydrogens is 364 g/mol. The van der Waals surface area contributed by atoms with Gasteiger partial charge in [-0.1, -0.05) is 20.8 Å². The van der Waals surface area contributed by atoms with Crippen LogP contribution in [-0.2, 0) is 25.8 Å². The van der Waals surface area contributed by atoms with E-state index in [0.29, 0.717) is 32.5 Å². The van der Waals surface area contributed by atoms with Gasteiger partial charge in [-0.2, -0.15) is 0 Å². The van der Waals surface area contributed by atoms with Crippen molar-refractivity contribution in [1.82, 2.24) is 4.90 Å². The van der Waals surface area contributed by atoms with E-state index in [1.165, 1.54) is 0 Å². The number of sulfone groups is 1. The van der Waals surface area contributed by atoms with Gasteiger partial charge in [-0.25, -0.2) is 8.42 Å². The molecule has 0 saturated carbocycles. The molecule has 7 heteroatoms. The van der Waals surface area contributed by atoms with Gasteiger partial charge in [-0.3, -0.25) is 9.59 Å². The van der Waals surface area contributed by atoms with Crippen molar-refractivity contribution in [2.75, 3.05) is 30.3 Å². The number of amides is 2. The van der Waals surface area contributed by atoms with Gasteiger partial charge in [-0.15, -0.1) is 0 Å². The quantitative estimate of drug-likeness (QED) is 0.645. The summed E-state index contributed by atoms with van der Waals surface area (Å²) in [5.74, 6) is -0.253. The predicted molar refractivity (Wildman–Crippen MR) is 107 cm³/mol. The second-order valence-electron chi connectivity index (χ2n) is 6.89. The fourth-order valence-corrected chi connectivity index (χ4v) is 4.70. The first kappa shape index (κ1) is 21.4. The van der Waals surface area contributed by atoms with E-state index in [1.807, 2.05) is 20.8 Å². The Bertz CT molecular complexity index is 783. The first-order chi connectivity index (χ1) is 12.8. The molecule has 6 nitrogen and oxygen atoms in total. The summed E-state index contributed by atoms with van der Waals surface area (Å²) in [7, 11) is -3.53. The van der Waals surface area contributed by atoms with Crippen molar-refractivity contribution in [1.29, 1.82) is 0 Å². The highest BCUT2D eigenvalue weighted by atomic mass is 32.2. The summed E-state index contributed by atoms with van der Waals surface area (Å²) < 4.78 is 25.4. The van der Waals surface area contributed by atoms with E-state index in [-0.39, 0.29) is 28.9 Å². The zero-order valence-electron chi connectivity index (χ0n) is 16.5. The van der Waals surface area contributed by atoms with Crippen molar-refractivity contribution in [2.24, 2.45) is 0 Å². The Kier molecular flexibility index (Phi) is 7.41. The van der Waals surface area contributed by atoms with E-state index in [0.717, 1.165) is 24.1 Å². The Labute approximate surface area is 162 Å². The van der Waals surface area contributed by atoms with Crippen LogP contribution in [0.5, 0.6) is 0 Å². The summed E-state index contributed by atoms with van der Waals surface area (Å²) in [6.45, 7) is 7.73. The van der Waals surface area contributed by atoms with Crippen LogP contribution >= 0.6 is 0 Å². The Hall–Kier alpha value is -1.89. The minimum Gasteiger partial charge on any atom is -0.343 e. The molecule has 0 bridgehead atoms. The lowest BCUT2D eigenvalue weighted by molar-refractivity contribution is -0.130. The summed E-state index contributed by atoms with van der Waals surface area (Å²) in [5, 5.41) is 0. The van der Waals surface area contributed by atoms with E-state index in [9.17, 15) is 18.0 Å². The number of hydrogen-bond donors (Lipinski definition) is 0. The standard InChI is InChI=1S/C20H30N2O4S/c1-4-11-21(12-5-2)20(24)10-14-27(25,26)17-7-8-18-16(15-17)9-13-22(18)19(23)6-3/h7-8,15H,4-6,9-14H2,1-3H3. The van der Waals surface area contributed by atoms with Crippen LogP contribution < -0.4 is 4.90 Å². The summed E-state index contributed by atoms with van der Waals surface area (Å²) in [6, 6.07) is 4.93. The molecule has 0 saturated heterocycles. The zero-order chi connectivity index (χ0) is 20.0. The van der Waals surface area contributed by atoms with Crippen LogP contribution in [0.1, 0.15) is 52.0 Å². The molecule has 2 rings (SSSR count). The van der Waals surface area contributed by atoms with Gasteiger partial charge in [-0.05, 0) is 43.0 Å². The second-order valence-corrected chi connectivity index (χ2v) is 9.00. The SMILES string of the molecule is CCCN(CCC)C(=O)CCS(=O)(=O)c1ccc2c(c1)CCN2C(=O)CC. The highest BCUT2D eigenvalue weighted by Gasteiger charge is 2.26. The maximum atomic E-state index is 12.7. The Balaban J connectivity index is 2.09. The normalized spacial score (nSPS) is 13.5. The summed E-state index contributed by atoms with van der Waals surface area (Å²) >= 11 is 0. The molecule has 150 valence electrons. The summed E-state index contributed by atoms with van der Waals surface area (Å²) in [6.07, 6.45) is 2.80. The highest BCUT2D eigenvalue weighted by molar-refractivity contribution is 7.91. The van der Waals surface area contributed by atoms with Gasteiger partial charge in [0, 0.05) is 38.2 Å². The van der Waals surface area contributed by atoms with Gasteiger partial charge < -0.3 is 9.80 Å². The molecule has 1 aromatic rings. The van der Waals surface area contributed by atoms with Gasteiger partial charge in [0.15, 0.2) is 9.84 Å². The van der Waals surface area contributed by atoms with Crippen LogP contribution in [0.2, 0.25) is 0 Å². The zero-order valence-corrected chi connectivity index (χ0v) is 17.3. The lowest BCUT2D eigenvalue weighted by Gasteiger charge is -2.21. The number of carbonyl (C=O) groups is 2. The minimum atomic E-state index is -3.53. The number of benzene rings is 1. The fraction of sp³-hybridized carbons (Fsp3) is 0.600. The van der Waals surface area contributed by atoms with E-state index in [4.69, 9.17) is 0 Å². The molecule has 0 unspecified atom stereocenters. The Morgan fingerprint density at radius 1 is 1.11 bits per heavy atom. The third-order valence-electron chi connectivity index (χ3n) is 4.83. The molecule has 0 radical (unpaired) electrons. The lowest BCUT2D eigenvalue weighted by atomic mass is 10.2. The number of fused-ring (bicyclic) bond motifs is 1. The topological polar surface area (TPSA) is 74.8 Å². The lowest BCUT2D eigenvalue weighted by Crippen LogP contribution is -2.33. The van der Waals surface area contributed by atoms with Crippen molar-refractivity contribution in [3.8, 4) is 0 Å². The van der Waals surface area contributed by atoms with Crippen molar-refractivity contribution >= 4 is 27.3 Å². The number of rotatable bonds is 9. The molecular formula is C20H30N2O4S. The molecule has 27 heavy (non-hydrogen) atoms. The average molecular weight is 395 g/mol. The molecule has 1 aliphatic heterocycles. The third-order valence-corrected chi connectivity index (χ3v) is 6.55. The van der Waals surface area contributed by atoms with E-state index in [1.54, 1.807) is 28.0 Å². The number of hydrogen-bond acceptors (Lipinski definition) is 4. The molecule has 1 aromatic carbocycles. The molecule has 0 aliphatic carbocycles. The molecule has 1 heterocycles. The minimum absolute atomic E-state index is 0.000135. The van der Waals surface area contributed by atoms with Gasteiger partial charge in [0.05, 0.1) is 10.6 Å². The highest BCUT2D eigenvalue weighted by Crippen LogP contribution is 2.31. The Morgan fingerprint density at radius 2 is 1.78 bits per heavy atom. The van der Waals surface area contributed by atoms with Crippen LogP contribution in [0.4, 0.5) is 5.69 Å². The van der Waals surface area contributed by atoms with Crippen molar-refractivity contribution < 1.29 is 18.0 Å². The molecule has 0 fully saturated rings. The number of nitrogens with zero attached hydrogens (tertiary/aromatic N) is 2. The van der Waals surface area contributed by atoms with Crippen molar-refractivity contribution in [2.45, 2.75) is 57.8 Å². The van der Waals surface area contributed by atoms with Gasteiger partial charge >= 0.3 is 0 Å². The first-order valence-electron chi connectivity index (χ1n) is 9.77. The number of carbonyl (C=O) groups excluding carboxylic acids is 2. The molecule has 0 N–H and O–H groups in total. The van der Waals surface area contributed by atoms with Gasteiger partial charge in [0.2, 0.25) is 11.8 Å². The average Bonchev–Trinajstić information content (AvgIpc) is 3.08. The third kappa shape index (κ3) is 5.09. The van der Waals surface area contributed by atoms with Crippen LogP contribution in [0.15, 0.2) is 23.1 Å². The molecule has 2 amide bonds.